The van der Waals surface area contributed by atoms with Gasteiger partial charge >= 0.3 is 0 Å². The molecule has 0 unspecified atom stereocenters. The molecule has 1 fully saturated rings. The summed E-state index contributed by atoms with van der Waals surface area (Å²) >= 11 is 0. The fourth-order valence-corrected chi connectivity index (χ4v) is 3.04. The van der Waals surface area contributed by atoms with Crippen LogP contribution in [0.25, 0.3) is 0 Å². The van der Waals surface area contributed by atoms with Crippen LogP contribution in [0.2, 0.25) is 0 Å². The van der Waals surface area contributed by atoms with E-state index in [4.69, 9.17) is 4.74 Å². The van der Waals surface area contributed by atoms with E-state index in [1.165, 1.54) is 30.5 Å². The maximum atomic E-state index is 5.24. The number of benzene rings is 2. The first-order valence-corrected chi connectivity index (χ1v) is 7.29. The Balaban J connectivity index is 1.74. The summed E-state index contributed by atoms with van der Waals surface area (Å²) < 4.78 is 5.24. The molecule has 2 aromatic carbocycles. The quantitative estimate of drug-likeness (QED) is 0.829. The van der Waals surface area contributed by atoms with Crippen LogP contribution in [0.4, 0.5) is 0 Å². The van der Waals surface area contributed by atoms with E-state index < -0.39 is 0 Å². The number of hydrogen-bond donors (Lipinski definition) is 0. The van der Waals surface area contributed by atoms with E-state index in [0.29, 0.717) is 6.04 Å². The van der Waals surface area contributed by atoms with E-state index in [9.17, 15) is 0 Å². The lowest BCUT2D eigenvalue weighted by atomic mass is 10.0. The van der Waals surface area contributed by atoms with Crippen molar-refractivity contribution in [2.75, 3.05) is 13.7 Å². The number of rotatable bonds is 4. The number of hydrogen-bond acceptors (Lipinski definition) is 2. The molecule has 1 aliphatic heterocycles. The van der Waals surface area contributed by atoms with Crippen LogP contribution in [0.15, 0.2) is 54.6 Å². The first kappa shape index (κ1) is 13.2. The molecule has 0 N–H and O–H groups in total. The minimum absolute atomic E-state index is 0.543. The van der Waals surface area contributed by atoms with E-state index in [2.05, 4.69) is 59.5 Å². The summed E-state index contributed by atoms with van der Waals surface area (Å²) in [4.78, 5) is 2.58. The molecule has 2 heteroatoms. The lowest BCUT2D eigenvalue weighted by molar-refractivity contribution is 0.248. The SMILES string of the molecule is COc1ccc([C@@H]2CCCN2Cc2ccccc2)cc1. The average Bonchev–Trinajstić information content (AvgIpc) is 2.96. The van der Waals surface area contributed by atoms with E-state index in [1.54, 1.807) is 7.11 Å². The van der Waals surface area contributed by atoms with Gasteiger partial charge in [-0.15, -0.1) is 0 Å². The van der Waals surface area contributed by atoms with Gasteiger partial charge in [-0.2, -0.15) is 0 Å². The Bertz CT molecular complexity index is 535. The Morgan fingerprint density at radius 1 is 1.05 bits per heavy atom. The third kappa shape index (κ3) is 2.86. The van der Waals surface area contributed by atoms with Gasteiger partial charge in [0.2, 0.25) is 0 Å². The molecule has 2 nitrogen and oxygen atoms in total. The maximum absolute atomic E-state index is 5.24. The molecule has 0 aliphatic carbocycles. The minimum atomic E-state index is 0.543. The van der Waals surface area contributed by atoms with Crippen molar-refractivity contribution in [3.8, 4) is 5.75 Å². The van der Waals surface area contributed by atoms with Gasteiger partial charge in [-0.05, 0) is 42.6 Å². The molecule has 1 saturated heterocycles. The number of methoxy groups -OCH3 is 1. The first-order valence-electron chi connectivity index (χ1n) is 7.29. The van der Waals surface area contributed by atoms with Gasteiger partial charge in [0.15, 0.2) is 0 Å². The summed E-state index contributed by atoms with van der Waals surface area (Å²) in [6.45, 7) is 2.23. The molecule has 3 rings (SSSR count). The third-order valence-corrected chi connectivity index (χ3v) is 4.09. The molecule has 20 heavy (non-hydrogen) atoms. The second-order valence-corrected chi connectivity index (χ2v) is 5.39. The monoisotopic (exact) mass is 267 g/mol. The summed E-state index contributed by atoms with van der Waals surface area (Å²) in [7, 11) is 1.71. The third-order valence-electron chi connectivity index (χ3n) is 4.09. The molecule has 0 saturated carbocycles. The van der Waals surface area contributed by atoms with E-state index >= 15 is 0 Å². The van der Waals surface area contributed by atoms with Crippen molar-refractivity contribution in [2.45, 2.75) is 25.4 Å². The van der Waals surface area contributed by atoms with E-state index in [-0.39, 0.29) is 0 Å². The Labute approximate surface area is 121 Å². The van der Waals surface area contributed by atoms with Crippen LogP contribution in [-0.4, -0.2) is 18.6 Å². The molecule has 1 atom stereocenters. The molecule has 0 radical (unpaired) electrons. The number of ether oxygens (including phenoxy) is 1. The molecule has 104 valence electrons. The molecular formula is C18H21NO. The topological polar surface area (TPSA) is 12.5 Å². The second-order valence-electron chi connectivity index (χ2n) is 5.39. The second kappa shape index (κ2) is 6.10. The van der Waals surface area contributed by atoms with E-state index in [0.717, 1.165) is 12.3 Å². The Hall–Kier alpha value is -1.80. The van der Waals surface area contributed by atoms with Gasteiger partial charge in [0, 0.05) is 12.6 Å². The highest BCUT2D eigenvalue weighted by Gasteiger charge is 2.25. The van der Waals surface area contributed by atoms with Crippen molar-refractivity contribution in [3.05, 3.63) is 65.7 Å². The highest BCUT2D eigenvalue weighted by molar-refractivity contribution is 5.29. The lowest BCUT2D eigenvalue weighted by Gasteiger charge is -2.25. The van der Waals surface area contributed by atoms with Gasteiger partial charge in [-0.3, -0.25) is 4.90 Å². The zero-order valence-corrected chi connectivity index (χ0v) is 12.0. The van der Waals surface area contributed by atoms with Crippen molar-refractivity contribution in [3.63, 3.8) is 0 Å². The summed E-state index contributed by atoms with van der Waals surface area (Å²) in [5.74, 6) is 0.932. The summed E-state index contributed by atoms with van der Waals surface area (Å²) in [6.07, 6.45) is 2.53. The Kier molecular flexibility index (Phi) is 4.03. The molecule has 0 bridgehead atoms. The van der Waals surface area contributed by atoms with Crippen molar-refractivity contribution in [1.29, 1.82) is 0 Å². The average molecular weight is 267 g/mol. The van der Waals surface area contributed by atoms with Crippen LogP contribution in [0.5, 0.6) is 5.75 Å². The summed E-state index contributed by atoms with van der Waals surface area (Å²) in [5, 5.41) is 0. The first-order chi connectivity index (χ1) is 9.86. The zero-order chi connectivity index (χ0) is 13.8. The van der Waals surface area contributed by atoms with Crippen LogP contribution in [0, 0.1) is 0 Å². The number of likely N-dealkylation sites (tertiary alicyclic amines) is 1. The molecule has 0 amide bonds. The fraction of sp³-hybridized carbons (Fsp3) is 0.333. The number of nitrogens with zero attached hydrogens (tertiary/aromatic N) is 1. The van der Waals surface area contributed by atoms with Crippen LogP contribution in [0.3, 0.4) is 0 Å². The van der Waals surface area contributed by atoms with Gasteiger partial charge in [0.25, 0.3) is 0 Å². The molecule has 2 aromatic rings. The van der Waals surface area contributed by atoms with Gasteiger partial charge in [0.05, 0.1) is 7.11 Å². The van der Waals surface area contributed by atoms with Gasteiger partial charge in [-0.25, -0.2) is 0 Å². The molecule has 0 aromatic heterocycles. The van der Waals surface area contributed by atoms with Gasteiger partial charge in [-0.1, -0.05) is 42.5 Å². The highest BCUT2D eigenvalue weighted by Crippen LogP contribution is 2.33. The zero-order valence-electron chi connectivity index (χ0n) is 12.0. The fourth-order valence-electron chi connectivity index (χ4n) is 3.04. The van der Waals surface area contributed by atoms with Crippen LogP contribution in [0.1, 0.15) is 30.0 Å². The molecule has 1 heterocycles. The molecular weight excluding hydrogens is 246 g/mol. The standard InChI is InChI=1S/C18H21NO/c1-20-17-11-9-16(10-12-17)18-8-5-13-19(18)14-15-6-3-2-4-7-15/h2-4,6-7,9-12,18H,5,8,13-14H2,1H3/t18-/m0/s1. The van der Waals surface area contributed by atoms with Crippen molar-refractivity contribution in [1.82, 2.24) is 4.90 Å². The maximum Gasteiger partial charge on any atom is 0.118 e. The Morgan fingerprint density at radius 3 is 2.50 bits per heavy atom. The van der Waals surface area contributed by atoms with Crippen LogP contribution >= 0.6 is 0 Å². The van der Waals surface area contributed by atoms with Crippen molar-refractivity contribution in [2.24, 2.45) is 0 Å². The predicted octanol–water partition coefficient (Wildman–Crippen LogP) is 4.03. The Morgan fingerprint density at radius 2 is 1.80 bits per heavy atom. The largest absolute Gasteiger partial charge is 0.497 e. The summed E-state index contributed by atoms with van der Waals surface area (Å²) in [5.41, 5.74) is 2.80. The molecule has 0 spiro atoms. The normalized spacial score (nSPS) is 19.1. The van der Waals surface area contributed by atoms with Gasteiger partial charge < -0.3 is 4.74 Å². The lowest BCUT2D eigenvalue weighted by Crippen LogP contribution is -2.22. The summed E-state index contributed by atoms with van der Waals surface area (Å²) in [6, 6.07) is 19.8. The highest BCUT2D eigenvalue weighted by atomic mass is 16.5. The van der Waals surface area contributed by atoms with Crippen molar-refractivity contribution >= 4 is 0 Å². The van der Waals surface area contributed by atoms with Crippen LogP contribution in [-0.2, 0) is 6.54 Å². The van der Waals surface area contributed by atoms with Crippen LogP contribution < -0.4 is 4.74 Å². The van der Waals surface area contributed by atoms with E-state index in [1.807, 2.05) is 0 Å². The van der Waals surface area contributed by atoms with Crippen molar-refractivity contribution < 1.29 is 4.74 Å². The minimum Gasteiger partial charge on any atom is -0.497 e. The van der Waals surface area contributed by atoms with Gasteiger partial charge in [0.1, 0.15) is 5.75 Å². The molecule has 1 aliphatic rings. The smallest absolute Gasteiger partial charge is 0.118 e. The predicted molar refractivity (Wildman–Crippen MR) is 81.8 cm³/mol.